The molecule has 1 aromatic carbocycles. The molecule has 168 valence electrons. The molecule has 1 saturated carbocycles. The van der Waals surface area contributed by atoms with Crippen molar-refractivity contribution in [3.05, 3.63) is 54.4 Å². The molecular weight excluding hydrogens is 420 g/mol. The lowest BCUT2D eigenvalue weighted by Gasteiger charge is -2.34. The SMILES string of the molecule is COC1CCC(OC)C(NS(=O)(=O)c2ccc(NC(=O)NCc3cccnc3)cc2)C1. The van der Waals surface area contributed by atoms with Crippen molar-refractivity contribution in [3.63, 3.8) is 0 Å². The summed E-state index contributed by atoms with van der Waals surface area (Å²) in [7, 11) is -0.538. The number of hydrogen-bond acceptors (Lipinski definition) is 6. The zero-order valence-corrected chi connectivity index (χ0v) is 18.4. The van der Waals surface area contributed by atoms with Gasteiger partial charge in [-0.1, -0.05) is 6.07 Å². The number of ether oxygens (including phenoxy) is 2. The molecule has 0 spiro atoms. The van der Waals surface area contributed by atoms with E-state index >= 15 is 0 Å². The summed E-state index contributed by atoms with van der Waals surface area (Å²) in [5.41, 5.74) is 1.35. The Bertz CT molecular complexity index is 953. The molecule has 1 aliphatic rings. The van der Waals surface area contributed by atoms with Crippen LogP contribution in [0, 0.1) is 0 Å². The molecule has 1 heterocycles. The van der Waals surface area contributed by atoms with Crippen LogP contribution in [0.1, 0.15) is 24.8 Å². The fraction of sp³-hybridized carbons (Fsp3) is 0.429. The number of aromatic nitrogens is 1. The Morgan fingerprint density at radius 3 is 2.55 bits per heavy atom. The molecule has 0 radical (unpaired) electrons. The topological polar surface area (TPSA) is 119 Å². The molecule has 3 N–H and O–H groups in total. The van der Waals surface area contributed by atoms with E-state index in [-0.39, 0.29) is 23.1 Å². The molecule has 10 heteroatoms. The maximum absolute atomic E-state index is 12.8. The number of pyridine rings is 1. The maximum Gasteiger partial charge on any atom is 0.319 e. The van der Waals surface area contributed by atoms with Crippen molar-refractivity contribution in [2.75, 3.05) is 19.5 Å². The van der Waals surface area contributed by atoms with E-state index in [0.29, 0.717) is 18.7 Å². The van der Waals surface area contributed by atoms with Crippen molar-refractivity contribution >= 4 is 21.7 Å². The lowest BCUT2D eigenvalue weighted by molar-refractivity contribution is -0.0123. The minimum absolute atomic E-state index is 0.00384. The summed E-state index contributed by atoms with van der Waals surface area (Å²) in [6.45, 7) is 0.334. The lowest BCUT2D eigenvalue weighted by Crippen LogP contribution is -2.49. The summed E-state index contributed by atoms with van der Waals surface area (Å²) >= 11 is 0. The van der Waals surface area contributed by atoms with Crippen LogP contribution in [0.2, 0.25) is 0 Å². The molecule has 2 amide bonds. The van der Waals surface area contributed by atoms with Crippen molar-refractivity contribution < 1.29 is 22.7 Å². The Kier molecular flexibility index (Phi) is 7.97. The average molecular weight is 449 g/mol. The molecule has 3 atom stereocenters. The Hall–Kier alpha value is -2.53. The van der Waals surface area contributed by atoms with Crippen molar-refractivity contribution in [1.82, 2.24) is 15.0 Å². The fourth-order valence-corrected chi connectivity index (χ4v) is 4.85. The highest BCUT2D eigenvalue weighted by Gasteiger charge is 2.33. The second-order valence-corrected chi connectivity index (χ2v) is 9.08. The number of urea groups is 1. The van der Waals surface area contributed by atoms with Gasteiger partial charge in [-0.05, 0) is 55.2 Å². The van der Waals surface area contributed by atoms with Crippen LogP contribution in [0.15, 0.2) is 53.7 Å². The fourth-order valence-electron chi connectivity index (χ4n) is 3.57. The second-order valence-electron chi connectivity index (χ2n) is 7.37. The maximum atomic E-state index is 12.8. The van der Waals surface area contributed by atoms with E-state index in [1.807, 2.05) is 6.07 Å². The van der Waals surface area contributed by atoms with Gasteiger partial charge >= 0.3 is 6.03 Å². The van der Waals surface area contributed by atoms with Gasteiger partial charge in [0.1, 0.15) is 0 Å². The van der Waals surface area contributed by atoms with Gasteiger partial charge < -0.3 is 20.1 Å². The number of rotatable bonds is 8. The number of amides is 2. The third-order valence-corrected chi connectivity index (χ3v) is 6.79. The molecule has 1 aromatic heterocycles. The minimum atomic E-state index is -3.75. The number of hydrogen-bond donors (Lipinski definition) is 3. The van der Waals surface area contributed by atoms with Crippen LogP contribution in [0.25, 0.3) is 0 Å². The summed E-state index contributed by atoms with van der Waals surface area (Å²) in [5.74, 6) is 0. The molecule has 1 aliphatic carbocycles. The molecule has 1 fully saturated rings. The first-order valence-electron chi connectivity index (χ1n) is 10.0. The van der Waals surface area contributed by atoms with E-state index in [1.54, 1.807) is 44.8 Å². The highest BCUT2D eigenvalue weighted by molar-refractivity contribution is 7.89. The third-order valence-electron chi connectivity index (χ3n) is 5.28. The van der Waals surface area contributed by atoms with Gasteiger partial charge in [0.2, 0.25) is 10.0 Å². The second kappa shape index (κ2) is 10.7. The predicted octanol–water partition coefficient (Wildman–Crippen LogP) is 2.26. The number of anilines is 1. The largest absolute Gasteiger partial charge is 0.381 e. The van der Waals surface area contributed by atoms with Gasteiger partial charge in [0, 0.05) is 38.8 Å². The van der Waals surface area contributed by atoms with Crippen molar-refractivity contribution in [2.24, 2.45) is 0 Å². The number of nitrogens with zero attached hydrogens (tertiary/aromatic N) is 1. The number of nitrogens with one attached hydrogen (secondary N) is 3. The van der Waals surface area contributed by atoms with Crippen LogP contribution in [0.4, 0.5) is 10.5 Å². The first-order chi connectivity index (χ1) is 14.9. The first kappa shape index (κ1) is 23.1. The minimum Gasteiger partial charge on any atom is -0.381 e. The van der Waals surface area contributed by atoms with Crippen LogP contribution in [-0.2, 0) is 26.0 Å². The van der Waals surface area contributed by atoms with E-state index in [0.717, 1.165) is 18.4 Å². The van der Waals surface area contributed by atoms with Crippen LogP contribution in [0.3, 0.4) is 0 Å². The molecule has 0 bridgehead atoms. The molecular formula is C21H28N4O5S. The zero-order chi connectivity index (χ0) is 22.3. The quantitative estimate of drug-likeness (QED) is 0.570. The van der Waals surface area contributed by atoms with Gasteiger partial charge in [0.15, 0.2) is 0 Å². The van der Waals surface area contributed by atoms with Crippen molar-refractivity contribution in [2.45, 2.75) is 49.0 Å². The van der Waals surface area contributed by atoms with Gasteiger partial charge in [-0.25, -0.2) is 17.9 Å². The predicted molar refractivity (Wildman–Crippen MR) is 116 cm³/mol. The number of carbonyl (C=O) groups excluding carboxylic acids is 1. The summed E-state index contributed by atoms with van der Waals surface area (Å²) < 4.78 is 39.3. The van der Waals surface area contributed by atoms with Crippen molar-refractivity contribution in [3.8, 4) is 0 Å². The smallest absolute Gasteiger partial charge is 0.319 e. The standard InChI is InChI=1S/C21H28N4O5S/c1-29-17-7-10-20(30-2)19(12-17)25-31(27,28)18-8-5-16(6-9-18)24-21(26)23-14-15-4-3-11-22-13-15/h3-6,8-9,11,13,17,19-20,25H,7,10,12,14H2,1-2H3,(H2,23,24,26). The first-order valence-corrected chi connectivity index (χ1v) is 11.5. The summed E-state index contributed by atoms with van der Waals surface area (Å²) in [6.07, 6.45) is 5.22. The summed E-state index contributed by atoms with van der Waals surface area (Å²) in [4.78, 5) is 16.2. The third kappa shape index (κ3) is 6.47. The number of benzene rings is 1. The van der Waals surface area contributed by atoms with E-state index in [9.17, 15) is 13.2 Å². The van der Waals surface area contributed by atoms with E-state index in [1.165, 1.54) is 12.1 Å². The van der Waals surface area contributed by atoms with E-state index in [4.69, 9.17) is 9.47 Å². The van der Waals surface area contributed by atoms with E-state index in [2.05, 4.69) is 20.3 Å². The Balaban J connectivity index is 1.58. The van der Waals surface area contributed by atoms with E-state index < -0.39 is 16.1 Å². The Morgan fingerprint density at radius 1 is 1.13 bits per heavy atom. The molecule has 0 saturated heterocycles. The van der Waals surface area contributed by atoms with Crippen LogP contribution in [0.5, 0.6) is 0 Å². The number of methoxy groups -OCH3 is 2. The molecule has 2 aromatic rings. The van der Waals surface area contributed by atoms with Crippen molar-refractivity contribution in [1.29, 1.82) is 0 Å². The van der Waals surface area contributed by atoms with Crippen LogP contribution >= 0.6 is 0 Å². The molecule has 31 heavy (non-hydrogen) atoms. The highest BCUT2D eigenvalue weighted by atomic mass is 32.2. The molecule has 0 aliphatic heterocycles. The molecule has 3 unspecified atom stereocenters. The van der Waals surface area contributed by atoms with Gasteiger partial charge in [0.25, 0.3) is 0 Å². The monoisotopic (exact) mass is 448 g/mol. The van der Waals surface area contributed by atoms with Gasteiger partial charge in [-0.15, -0.1) is 0 Å². The molecule has 9 nitrogen and oxygen atoms in total. The summed E-state index contributed by atoms with van der Waals surface area (Å²) in [5, 5.41) is 5.40. The Morgan fingerprint density at radius 2 is 1.90 bits per heavy atom. The Labute approximate surface area is 182 Å². The highest BCUT2D eigenvalue weighted by Crippen LogP contribution is 2.25. The lowest BCUT2D eigenvalue weighted by atomic mass is 9.91. The average Bonchev–Trinajstić information content (AvgIpc) is 2.78. The van der Waals surface area contributed by atoms with Gasteiger partial charge in [-0.2, -0.15) is 0 Å². The van der Waals surface area contributed by atoms with Gasteiger partial charge in [-0.3, -0.25) is 4.98 Å². The number of carbonyl (C=O) groups is 1. The number of sulfonamides is 1. The van der Waals surface area contributed by atoms with Crippen LogP contribution in [-0.4, -0.2) is 51.9 Å². The summed E-state index contributed by atoms with van der Waals surface area (Å²) in [6, 6.07) is 8.89. The van der Waals surface area contributed by atoms with Gasteiger partial charge in [0.05, 0.1) is 23.1 Å². The zero-order valence-electron chi connectivity index (χ0n) is 17.6. The normalized spacial score (nSPS) is 21.4. The molecule has 3 rings (SSSR count). The van der Waals surface area contributed by atoms with Crippen LogP contribution < -0.4 is 15.4 Å².